The van der Waals surface area contributed by atoms with Gasteiger partial charge in [0, 0.05) is 0 Å². The van der Waals surface area contributed by atoms with Crippen LogP contribution in [-0.4, -0.2) is 0 Å². The highest BCUT2D eigenvalue weighted by Gasteiger charge is 2.26. The summed E-state index contributed by atoms with van der Waals surface area (Å²) in [6, 6.07) is 6.01. The normalized spacial score (nSPS) is 11.8. The Hall–Kier alpha value is -0.200. The highest BCUT2D eigenvalue weighted by Crippen LogP contribution is 2.37. The molecule has 0 radical (unpaired) electrons. The molecule has 0 saturated carbocycles. The van der Waals surface area contributed by atoms with Gasteiger partial charge in [0.25, 0.3) is 0 Å². The fraction of sp³-hybridized carbons (Fsp3) is 0.538. The Morgan fingerprint density at radius 1 is 0.933 bits per heavy atom. The van der Waals surface area contributed by atoms with Gasteiger partial charge in [-0.25, -0.2) is 0 Å². The van der Waals surface area contributed by atoms with Gasteiger partial charge in [0.05, 0.1) is 10.0 Å². The van der Waals surface area contributed by atoms with Crippen molar-refractivity contribution in [3.63, 3.8) is 0 Å². The first-order valence-electron chi connectivity index (χ1n) is 5.55. The molecule has 0 amide bonds. The molecule has 0 aromatic heterocycles. The molecular formula is C13H18Cl2. The highest BCUT2D eigenvalue weighted by molar-refractivity contribution is 6.42. The van der Waals surface area contributed by atoms with Gasteiger partial charge in [0.1, 0.15) is 0 Å². The van der Waals surface area contributed by atoms with Crippen LogP contribution in [0.5, 0.6) is 0 Å². The van der Waals surface area contributed by atoms with Crippen LogP contribution >= 0.6 is 23.2 Å². The van der Waals surface area contributed by atoms with E-state index in [0.717, 1.165) is 19.3 Å². The lowest BCUT2D eigenvalue weighted by Gasteiger charge is -2.31. The van der Waals surface area contributed by atoms with Gasteiger partial charge < -0.3 is 0 Å². The third-order valence-electron chi connectivity index (χ3n) is 3.56. The van der Waals surface area contributed by atoms with Gasteiger partial charge in [-0.1, -0.05) is 50.0 Å². The third kappa shape index (κ3) is 2.49. The molecule has 84 valence electrons. The van der Waals surface area contributed by atoms with E-state index in [1.807, 2.05) is 12.1 Å². The van der Waals surface area contributed by atoms with Crippen molar-refractivity contribution in [2.75, 3.05) is 0 Å². The molecular weight excluding hydrogens is 227 g/mol. The molecule has 0 aliphatic carbocycles. The summed E-state index contributed by atoms with van der Waals surface area (Å²) in [5.74, 6) is 0. The maximum atomic E-state index is 6.06. The predicted molar refractivity (Wildman–Crippen MR) is 69.0 cm³/mol. The van der Waals surface area contributed by atoms with Crippen LogP contribution in [-0.2, 0) is 5.41 Å². The van der Waals surface area contributed by atoms with Crippen molar-refractivity contribution >= 4 is 23.2 Å². The molecule has 0 atom stereocenters. The van der Waals surface area contributed by atoms with Crippen molar-refractivity contribution in [2.45, 2.75) is 45.4 Å². The molecule has 0 unspecified atom stereocenters. The summed E-state index contributed by atoms with van der Waals surface area (Å²) in [6.07, 6.45) is 3.41. The summed E-state index contributed by atoms with van der Waals surface area (Å²) in [5, 5.41) is 1.30. The van der Waals surface area contributed by atoms with Gasteiger partial charge in [-0.15, -0.1) is 0 Å². The van der Waals surface area contributed by atoms with E-state index in [-0.39, 0.29) is 5.41 Å². The monoisotopic (exact) mass is 244 g/mol. The van der Waals surface area contributed by atoms with Gasteiger partial charge >= 0.3 is 0 Å². The first-order chi connectivity index (χ1) is 7.09. The molecule has 1 aromatic rings. The van der Waals surface area contributed by atoms with Crippen LogP contribution in [0.25, 0.3) is 0 Å². The lowest BCUT2D eigenvalue weighted by Crippen LogP contribution is -2.23. The van der Waals surface area contributed by atoms with E-state index in [1.54, 1.807) is 0 Å². The zero-order chi connectivity index (χ0) is 11.5. The van der Waals surface area contributed by atoms with E-state index in [9.17, 15) is 0 Å². The summed E-state index contributed by atoms with van der Waals surface area (Å²) < 4.78 is 0. The van der Waals surface area contributed by atoms with Crippen molar-refractivity contribution in [3.05, 3.63) is 33.8 Å². The van der Waals surface area contributed by atoms with Gasteiger partial charge in [-0.3, -0.25) is 0 Å². The van der Waals surface area contributed by atoms with Crippen LogP contribution in [0.1, 0.15) is 45.6 Å². The molecule has 0 nitrogen and oxygen atoms in total. The molecule has 0 aliphatic rings. The zero-order valence-electron chi connectivity index (χ0n) is 9.61. The number of hydrogen-bond acceptors (Lipinski definition) is 0. The SMILES string of the molecule is CCC(CC)(CC)c1ccc(Cl)c(Cl)c1. The Labute approximate surface area is 103 Å². The summed E-state index contributed by atoms with van der Waals surface area (Å²) in [5.41, 5.74) is 1.57. The van der Waals surface area contributed by atoms with Crippen molar-refractivity contribution in [1.82, 2.24) is 0 Å². The summed E-state index contributed by atoms with van der Waals surface area (Å²) >= 11 is 12.0. The second-order valence-electron chi connectivity index (χ2n) is 3.97. The van der Waals surface area contributed by atoms with Gasteiger partial charge in [0.15, 0.2) is 0 Å². The van der Waals surface area contributed by atoms with E-state index in [0.29, 0.717) is 10.0 Å². The van der Waals surface area contributed by atoms with Gasteiger partial charge in [-0.05, 0) is 42.4 Å². The number of halogens is 2. The standard InChI is InChI=1S/C13H18Cl2/c1-4-13(5-2,6-3)10-7-8-11(14)12(15)9-10/h7-9H,4-6H2,1-3H3. The Balaban J connectivity index is 3.17. The van der Waals surface area contributed by atoms with Crippen molar-refractivity contribution in [3.8, 4) is 0 Å². The molecule has 15 heavy (non-hydrogen) atoms. The average molecular weight is 245 g/mol. The van der Waals surface area contributed by atoms with E-state index in [1.165, 1.54) is 5.56 Å². The lowest BCUT2D eigenvalue weighted by molar-refractivity contribution is 0.382. The molecule has 0 bridgehead atoms. The van der Waals surface area contributed by atoms with Crippen LogP contribution in [0.15, 0.2) is 18.2 Å². The van der Waals surface area contributed by atoms with E-state index in [4.69, 9.17) is 23.2 Å². The number of benzene rings is 1. The van der Waals surface area contributed by atoms with Crippen molar-refractivity contribution < 1.29 is 0 Å². The second-order valence-corrected chi connectivity index (χ2v) is 4.78. The van der Waals surface area contributed by atoms with E-state index in [2.05, 4.69) is 26.8 Å². The number of rotatable bonds is 4. The van der Waals surface area contributed by atoms with Crippen LogP contribution in [0.4, 0.5) is 0 Å². The molecule has 1 rings (SSSR count). The van der Waals surface area contributed by atoms with Crippen molar-refractivity contribution in [1.29, 1.82) is 0 Å². The van der Waals surface area contributed by atoms with Crippen molar-refractivity contribution in [2.24, 2.45) is 0 Å². The summed E-state index contributed by atoms with van der Waals surface area (Å²) in [4.78, 5) is 0. The third-order valence-corrected chi connectivity index (χ3v) is 4.30. The zero-order valence-corrected chi connectivity index (χ0v) is 11.1. The van der Waals surface area contributed by atoms with Crippen LogP contribution < -0.4 is 0 Å². The fourth-order valence-electron chi connectivity index (χ4n) is 2.19. The second kappa shape index (κ2) is 5.23. The Morgan fingerprint density at radius 3 is 1.87 bits per heavy atom. The molecule has 0 fully saturated rings. The molecule has 0 N–H and O–H groups in total. The fourth-order valence-corrected chi connectivity index (χ4v) is 2.49. The molecule has 0 spiro atoms. The van der Waals surface area contributed by atoms with Gasteiger partial charge in [0.2, 0.25) is 0 Å². The van der Waals surface area contributed by atoms with Crippen LogP contribution in [0, 0.1) is 0 Å². The smallest absolute Gasteiger partial charge is 0.0595 e. The van der Waals surface area contributed by atoms with E-state index >= 15 is 0 Å². The minimum Gasteiger partial charge on any atom is -0.0827 e. The molecule has 0 heterocycles. The first-order valence-corrected chi connectivity index (χ1v) is 6.30. The summed E-state index contributed by atoms with van der Waals surface area (Å²) in [7, 11) is 0. The molecule has 2 heteroatoms. The van der Waals surface area contributed by atoms with Crippen LogP contribution in [0.2, 0.25) is 10.0 Å². The maximum Gasteiger partial charge on any atom is 0.0595 e. The highest BCUT2D eigenvalue weighted by atomic mass is 35.5. The topological polar surface area (TPSA) is 0 Å². The molecule has 0 aliphatic heterocycles. The lowest BCUT2D eigenvalue weighted by atomic mass is 9.74. The Kier molecular flexibility index (Phi) is 4.48. The average Bonchev–Trinajstić information content (AvgIpc) is 2.26. The quantitative estimate of drug-likeness (QED) is 0.660. The molecule has 0 saturated heterocycles. The van der Waals surface area contributed by atoms with Gasteiger partial charge in [-0.2, -0.15) is 0 Å². The first kappa shape index (κ1) is 12.9. The minimum atomic E-state index is 0.258. The predicted octanol–water partition coefficient (Wildman–Crippen LogP) is 5.46. The van der Waals surface area contributed by atoms with Crippen LogP contribution in [0.3, 0.4) is 0 Å². The minimum absolute atomic E-state index is 0.258. The molecule has 1 aromatic carbocycles. The maximum absolute atomic E-state index is 6.06. The summed E-state index contributed by atoms with van der Waals surface area (Å²) in [6.45, 7) is 6.69. The largest absolute Gasteiger partial charge is 0.0827 e. The number of hydrogen-bond donors (Lipinski definition) is 0. The Morgan fingerprint density at radius 2 is 1.47 bits per heavy atom. The Bertz CT molecular complexity index is 319. The van der Waals surface area contributed by atoms with E-state index < -0.39 is 0 Å².